The Morgan fingerprint density at radius 1 is 0.826 bits per heavy atom. The van der Waals surface area contributed by atoms with Crippen LogP contribution in [0.25, 0.3) is 0 Å². The lowest BCUT2D eigenvalue weighted by atomic mass is 10.1. The van der Waals surface area contributed by atoms with Gasteiger partial charge in [-0.1, -0.05) is 0 Å². The summed E-state index contributed by atoms with van der Waals surface area (Å²) in [7, 11) is -7.19. The molecule has 2 saturated heterocycles. The molecule has 13 heteroatoms. The summed E-state index contributed by atoms with van der Waals surface area (Å²) in [5.74, 6) is 0. The summed E-state index contributed by atoms with van der Waals surface area (Å²) in [6.07, 6.45) is 2.43. The van der Waals surface area contributed by atoms with Crippen molar-refractivity contribution in [2.45, 2.75) is 37.9 Å². The molecule has 0 aliphatic carbocycles. The topological polar surface area (TPSA) is 202 Å². The number of nitrogens with two attached hydrogens (primary N) is 3. The molecule has 23 heavy (non-hydrogen) atoms. The van der Waals surface area contributed by atoms with Crippen LogP contribution in [0.3, 0.4) is 0 Å². The first kappa shape index (κ1) is 22.6. The highest BCUT2D eigenvalue weighted by Crippen LogP contribution is 2.11. The van der Waals surface area contributed by atoms with Gasteiger partial charge >= 0.3 is 0 Å². The van der Waals surface area contributed by atoms with E-state index in [0.29, 0.717) is 25.9 Å². The van der Waals surface area contributed by atoms with Crippen LogP contribution in [-0.2, 0) is 20.4 Å². The van der Waals surface area contributed by atoms with Crippen molar-refractivity contribution in [3.8, 4) is 0 Å². The zero-order valence-electron chi connectivity index (χ0n) is 12.8. The van der Waals surface area contributed by atoms with E-state index in [-0.39, 0.29) is 12.2 Å². The van der Waals surface area contributed by atoms with E-state index in [9.17, 15) is 16.8 Å². The van der Waals surface area contributed by atoms with Gasteiger partial charge in [-0.2, -0.15) is 21.1 Å². The lowest BCUT2D eigenvalue weighted by Crippen LogP contribution is -2.43. The monoisotopic (exact) mass is 377 g/mol. The van der Waals surface area contributed by atoms with Gasteiger partial charge in [-0.05, 0) is 38.8 Å². The Morgan fingerprint density at radius 3 is 1.43 bits per heavy atom. The van der Waals surface area contributed by atoms with Crippen LogP contribution < -0.4 is 20.7 Å². The Hall–Kier alpha value is -0.380. The van der Waals surface area contributed by atoms with Crippen LogP contribution in [0.15, 0.2) is 0 Å². The number of rotatable bonds is 1. The van der Waals surface area contributed by atoms with Crippen molar-refractivity contribution in [3.05, 3.63) is 0 Å². The van der Waals surface area contributed by atoms with Crippen molar-refractivity contribution in [1.29, 1.82) is 0 Å². The molecule has 0 aromatic rings. The zero-order chi connectivity index (χ0) is 18.1. The minimum atomic E-state index is -3.67. The van der Waals surface area contributed by atoms with Crippen molar-refractivity contribution in [1.82, 2.24) is 9.62 Å². The van der Waals surface area contributed by atoms with Crippen LogP contribution in [-0.4, -0.2) is 69.7 Å². The van der Waals surface area contributed by atoms with Crippen molar-refractivity contribution < 1.29 is 27.0 Å². The summed E-state index contributed by atoms with van der Waals surface area (Å²) in [5.41, 5.74) is 0. The average Bonchev–Trinajstić information content (AvgIpc) is 2.38. The number of nitrogens with one attached hydrogen (secondary N) is 1. The number of nitrogens with zero attached hydrogens (tertiary/aromatic N) is 1. The lowest BCUT2D eigenvalue weighted by Gasteiger charge is -2.26. The number of aliphatic hydroxyl groups excluding tert-OH is 2. The van der Waals surface area contributed by atoms with Crippen LogP contribution in [0.2, 0.25) is 0 Å². The third kappa shape index (κ3) is 14.9. The highest BCUT2D eigenvalue weighted by molar-refractivity contribution is 7.87. The minimum Gasteiger partial charge on any atom is -0.393 e. The van der Waals surface area contributed by atoms with E-state index in [1.54, 1.807) is 0 Å². The van der Waals surface area contributed by atoms with Gasteiger partial charge in [0.05, 0.1) is 12.2 Å². The molecular formula is C10H27N5O6S2. The molecule has 11 nitrogen and oxygen atoms in total. The second-order valence-electron chi connectivity index (χ2n) is 5.25. The van der Waals surface area contributed by atoms with Gasteiger partial charge in [0, 0.05) is 13.1 Å². The molecule has 9 N–H and O–H groups in total. The Morgan fingerprint density at radius 2 is 1.17 bits per heavy atom. The normalized spacial score (nSPS) is 21.6. The predicted octanol–water partition coefficient (Wildman–Crippen LogP) is -3.47. The van der Waals surface area contributed by atoms with Crippen LogP contribution in [0.4, 0.5) is 0 Å². The summed E-state index contributed by atoms with van der Waals surface area (Å²) in [4.78, 5) is 0. The molecule has 0 atom stereocenters. The van der Waals surface area contributed by atoms with Gasteiger partial charge < -0.3 is 15.5 Å². The number of aliphatic hydroxyl groups is 2. The lowest BCUT2D eigenvalue weighted by molar-refractivity contribution is 0.113. The second kappa shape index (κ2) is 10.5. The molecule has 0 aromatic heterocycles. The fourth-order valence-electron chi connectivity index (χ4n) is 1.90. The van der Waals surface area contributed by atoms with Crippen LogP contribution in [0.5, 0.6) is 0 Å². The van der Waals surface area contributed by atoms with Gasteiger partial charge in [0.15, 0.2) is 0 Å². The fraction of sp³-hybridized carbons (Fsp3) is 1.00. The molecule has 0 bridgehead atoms. The molecule has 0 radical (unpaired) electrons. The Kier molecular flexibility index (Phi) is 10.3. The SMILES string of the molecule is NS(=O)(=O)N1CCC(O)CC1.NS(N)(=O)=O.OC1CCNCC1. The molecule has 2 aliphatic rings. The van der Waals surface area contributed by atoms with E-state index in [1.165, 1.54) is 4.31 Å². The maximum atomic E-state index is 10.7. The summed E-state index contributed by atoms with van der Waals surface area (Å²) in [6.45, 7) is 2.64. The predicted molar refractivity (Wildman–Crippen MR) is 85.3 cm³/mol. The van der Waals surface area contributed by atoms with Gasteiger partial charge in [0.2, 0.25) is 0 Å². The molecule has 0 amide bonds. The van der Waals surface area contributed by atoms with E-state index >= 15 is 0 Å². The first-order valence-corrected chi connectivity index (χ1v) is 10.2. The molecule has 2 aliphatic heterocycles. The van der Waals surface area contributed by atoms with Crippen molar-refractivity contribution in [2.24, 2.45) is 15.4 Å². The van der Waals surface area contributed by atoms with Gasteiger partial charge in [0.1, 0.15) is 0 Å². The zero-order valence-corrected chi connectivity index (χ0v) is 14.5. The molecule has 0 unspecified atom stereocenters. The van der Waals surface area contributed by atoms with Gasteiger partial charge in [-0.15, -0.1) is 0 Å². The molecule has 2 heterocycles. The quantitative estimate of drug-likeness (QED) is 0.272. The standard InChI is InChI=1S/C5H12N2O3S.C5H11NO.H4N2O2S/c6-11(9,10)7-3-1-5(8)2-4-7;7-5-1-3-6-4-2-5;1-5(2,3)4/h5,8H,1-4H2,(H2,6,9,10);5-7H,1-4H2;(H4,1,2,3,4). The van der Waals surface area contributed by atoms with Crippen LogP contribution in [0.1, 0.15) is 25.7 Å². The number of hydrogen-bond acceptors (Lipinski definition) is 7. The smallest absolute Gasteiger partial charge is 0.276 e. The first-order chi connectivity index (χ1) is 10.4. The van der Waals surface area contributed by atoms with E-state index in [0.717, 1.165) is 25.9 Å². The highest BCUT2D eigenvalue weighted by Gasteiger charge is 2.23. The van der Waals surface area contributed by atoms with E-state index in [2.05, 4.69) is 15.6 Å². The Balaban J connectivity index is 0.000000347. The largest absolute Gasteiger partial charge is 0.393 e. The van der Waals surface area contributed by atoms with Crippen LogP contribution in [0, 0.1) is 0 Å². The number of hydrogen-bond donors (Lipinski definition) is 6. The Labute approximate surface area is 137 Å². The summed E-state index contributed by atoms with van der Waals surface area (Å²) >= 11 is 0. The van der Waals surface area contributed by atoms with Crippen molar-refractivity contribution >= 4 is 20.4 Å². The average molecular weight is 377 g/mol. The fourth-order valence-corrected chi connectivity index (χ4v) is 2.62. The van der Waals surface area contributed by atoms with E-state index < -0.39 is 20.4 Å². The van der Waals surface area contributed by atoms with Crippen LogP contribution >= 0.6 is 0 Å². The summed E-state index contributed by atoms with van der Waals surface area (Å²) in [5, 5.41) is 34.1. The molecule has 0 spiro atoms. The third-order valence-electron chi connectivity index (χ3n) is 3.09. The first-order valence-electron chi connectivity index (χ1n) is 7.05. The third-order valence-corrected chi connectivity index (χ3v) is 4.18. The summed E-state index contributed by atoms with van der Waals surface area (Å²) < 4.78 is 41.0. The second-order valence-corrected chi connectivity index (χ2v) is 7.97. The maximum Gasteiger partial charge on any atom is 0.276 e. The van der Waals surface area contributed by atoms with Gasteiger partial charge in [0.25, 0.3) is 20.4 Å². The van der Waals surface area contributed by atoms with Crippen molar-refractivity contribution in [3.63, 3.8) is 0 Å². The highest BCUT2D eigenvalue weighted by atomic mass is 32.2. The van der Waals surface area contributed by atoms with E-state index in [4.69, 9.17) is 15.4 Å². The summed E-state index contributed by atoms with van der Waals surface area (Å²) in [6, 6.07) is 0. The molecule has 0 aromatic carbocycles. The van der Waals surface area contributed by atoms with E-state index in [1.807, 2.05) is 0 Å². The van der Waals surface area contributed by atoms with Gasteiger partial charge in [-0.25, -0.2) is 15.4 Å². The molecule has 2 rings (SSSR count). The molecule has 0 saturated carbocycles. The van der Waals surface area contributed by atoms with Gasteiger partial charge in [-0.3, -0.25) is 0 Å². The maximum absolute atomic E-state index is 10.7. The number of piperidine rings is 2. The Bertz CT molecular complexity index is 504. The molecular weight excluding hydrogens is 350 g/mol. The molecule has 140 valence electrons. The molecule has 2 fully saturated rings. The minimum absolute atomic E-state index is 0.0266. The van der Waals surface area contributed by atoms with Crippen molar-refractivity contribution in [2.75, 3.05) is 26.2 Å².